The maximum Gasteiger partial charge on any atom is 0.308 e. The molecule has 2 aromatic rings. The lowest BCUT2D eigenvalue weighted by Gasteiger charge is -2.29. The lowest BCUT2D eigenvalue weighted by molar-refractivity contribution is -0.143. The molecule has 0 aliphatic carbocycles. The first-order valence-electron chi connectivity index (χ1n) is 6.68. The van der Waals surface area contributed by atoms with Crippen LogP contribution < -0.4 is 0 Å². The van der Waals surface area contributed by atoms with E-state index in [1.54, 1.807) is 12.1 Å². The third kappa shape index (κ3) is 2.67. The van der Waals surface area contributed by atoms with Crippen molar-refractivity contribution in [3.05, 3.63) is 30.2 Å². The highest BCUT2D eigenvalue weighted by Gasteiger charge is 2.30. The Morgan fingerprint density at radius 3 is 2.95 bits per heavy atom. The van der Waals surface area contributed by atoms with Crippen LogP contribution in [0.25, 0.3) is 11.5 Å². The molecule has 0 spiro atoms. The van der Waals surface area contributed by atoms with Crippen LogP contribution in [-0.4, -0.2) is 40.1 Å². The number of rotatable bonds is 3. The lowest BCUT2D eigenvalue weighted by Crippen LogP contribution is -2.42. The summed E-state index contributed by atoms with van der Waals surface area (Å²) in [5.74, 6) is -0.843. The van der Waals surface area contributed by atoms with E-state index in [4.69, 9.17) is 14.0 Å². The fraction of sp³-hybridized carbons (Fsp3) is 0.357. The molecule has 1 N–H and O–H groups in total. The van der Waals surface area contributed by atoms with Crippen LogP contribution in [0.5, 0.6) is 0 Å². The second kappa shape index (κ2) is 5.43. The van der Waals surface area contributed by atoms with E-state index in [9.17, 15) is 9.59 Å². The standard InChI is InChI=1S/C14H14N2O5/c17-13(16-5-1-3-9(8-16)14(18)19)10-7-12(21-15-10)11-4-2-6-20-11/h2,4,6-7,9H,1,3,5,8H2,(H,18,19)/t9-/m1/s1. The van der Waals surface area contributed by atoms with Gasteiger partial charge in [-0.05, 0) is 25.0 Å². The van der Waals surface area contributed by atoms with Gasteiger partial charge >= 0.3 is 5.97 Å². The van der Waals surface area contributed by atoms with Crippen LogP contribution in [0.1, 0.15) is 23.3 Å². The van der Waals surface area contributed by atoms with Crippen LogP contribution in [0.2, 0.25) is 0 Å². The zero-order valence-electron chi connectivity index (χ0n) is 11.2. The number of piperidine rings is 1. The van der Waals surface area contributed by atoms with Gasteiger partial charge in [-0.15, -0.1) is 0 Å². The molecular weight excluding hydrogens is 276 g/mol. The highest BCUT2D eigenvalue weighted by molar-refractivity contribution is 5.93. The number of furan rings is 1. The Balaban J connectivity index is 1.74. The zero-order chi connectivity index (χ0) is 14.8. The Morgan fingerprint density at radius 2 is 2.24 bits per heavy atom. The molecule has 1 fully saturated rings. The number of nitrogens with zero attached hydrogens (tertiary/aromatic N) is 2. The Hall–Kier alpha value is -2.57. The van der Waals surface area contributed by atoms with Crippen molar-refractivity contribution in [2.24, 2.45) is 5.92 Å². The van der Waals surface area contributed by atoms with Gasteiger partial charge < -0.3 is 18.9 Å². The monoisotopic (exact) mass is 290 g/mol. The van der Waals surface area contributed by atoms with Crippen molar-refractivity contribution in [3.8, 4) is 11.5 Å². The number of hydrogen-bond acceptors (Lipinski definition) is 5. The average molecular weight is 290 g/mol. The Bertz CT molecular complexity index is 646. The molecule has 0 saturated carbocycles. The molecule has 0 unspecified atom stereocenters. The molecule has 2 aromatic heterocycles. The molecule has 1 aliphatic heterocycles. The number of carboxylic acid groups (broad SMARTS) is 1. The second-order valence-electron chi connectivity index (χ2n) is 4.98. The van der Waals surface area contributed by atoms with E-state index in [1.807, 2.05) is 0 Å². The van der Waals surface area contributed by atoms with Gasteiger partial charge in [0.25, 0.3) is 5.91 Å². The minimum atomic E-state index is -0.871. The number of likely N-dealkylation sites (tertiary alicyclic amines) is 1. The third-order valence-corrected chi connectivity index (χ3v) is 3.55. The van der Waals surface area contributed by atoms with Gasteiger partial charge in [-0.2, -0.15) is 0 Å². The Morgan fingerprint density at radius 1 is 1.38 bits per heavy atom. The molecule has 1 atom stereocenters. The highest BCUT2D eigenvalue weighted by atomic mass is 16.5. The zero-order valence-corrected chi connectivity index (χ0v) is 11.2. The van der Waals surface area contributed by atoms with Crippen LogP contribution in [0, 0.1) is 5.92 Å². The Labute approximate surface area is 120 Å². The molecule has 1 amide bonds. The summed E-state index contributed by atoms with van der Waals surface area (Å²) in [4.78, 5) is 24.9. The van der Waals surface area contributed by atoms with Gasteiger partial charge in [0.2, 0.25) is 5.76 Å². The van der Waals surface area contributed by atoms with Gasteiger partial charge in [0.05, 0.1) is 12.2 Å². The maximum atomic E-state index is 12.3. The molecule has 1 saturated heterocycles. The van der Waals surface area contributed by atoms with E-state index in [2.05, 4.69) is 5.16 Å². The predicted molar refractivity (Wildman–Crippen MR) is 70.5 cm³/mol. The minimum Gasteiger partial charge on any atom is -0.481 e. The van der Waals surface area contributed by atoms with Crippen LogP contribution >= 0.6 is 0 Å². The van der Waals surface area contributed by atoms with E-state index in [1.165, 1.54) is 17.2 Å². The third-order valence-electron chi connectivity index (χ3n) is 3.55. The first kappa shape index (κ1) is 13.4. The van der Waals surface area contributed by atoms with Crippen LogP contribution in [0.15, 0.2) is 33.4 Å². The molecule has 7 heteroatoms. The van der Waals surface area contributed by atoms with Crippen molar-refractivity contribution < 1.29 is 23.6 Å². The second-order valence-corrected chi connectivity index (χ2v) is 4.98. The number of aromatic nitrogens is 1. The fourth-order valence-electron chi connectivity index (χ4n) is 2.44. The molecule has 3 heterocycles. The quantitative estimate of drug-likeness (QED) is 0.926. The summed E-state index contributed by atoms with van der Waals surface area (Å²) in [5.41, 5.74) is 0.160. The van der Waals surface area contributed by atoms with Crippen LogP contribution in [0.3, 0.4) is 0 Å². The van der Waals surface area contributed by atoms with Crippen molar-refractivity contribution in [1.29, 1.82) is 0 Å². The van der Waals surface area contributed by atoms with Crippen LogP contribution in [0.4, 0.5) is 0 Å². The maximum absolute atomic E-state index is 12.3. The van der Waals surface area contributed by atoms with E-state index < -0.39 is 11.9 Å². The van der Waals surface area contributed by atoms with Gasteiger partial charge in [-0.1, -0.05) is 5.16 Å². The van der Waals surface area contributed by atoms with E-state index in [-0.39, 0.29) is 18.1 Å². The smallest absolute Gasteiger partial charge is 0.308 e. The molecule has 110 valence electrons. The van der Waals surface area contributed by atoms with E-state index >= 15 is 0 Å². The molecule has 0 radical (unpaired) electrons. The van der Waals surface area contributed by atoms with Crippen molar-refractivity contribution in [1.82, 2.24) is 10.1 Å². The van der Waals surface area contributed by atoms with E-state index in [0.717, 1.165) is 0 Å². The summed E-state index contributed by atoms with van der Waals surface area (Å²) in [6.07, 6.45) is 2.77. The molecule has 1 aliphatic rings. The SMILES string of the molecule is O=C(O)[C@@H]1CCCN(C(=O)c2cc(-c3ccco3)on2)C1. The van der Waals surface area contributed by atoms with Gasteiger partial charge in [-0.25, -0.2) is 0 Å². The summed E-state index contributed by atoms with van der Waals surface area (Å²) in [6, 6.07) is 4.92. The normalized spacial score (nSPS) is 18.7. The number of amides is 1. The number of carbonyl (C=O) groups is 2. The summed E-state index contributed by atoms with van der Waals surface area (Å²) in [6.45, 7) is 0.739. The van der Waals surface area contributed by atoms with Crippen molar-refractivity contribution in [2.45, 2.75) is 12.8 Å². The summed E-state index contributed by atoms with van der Waals surface area (Å²) < 4.78 is 10.3. The number of carboxylic acids is 1. The predicted octanol–water partition coefficient (Wildman–Crippen LogP) is 1.87. The number of carbonyl (C=O) groups excluding carboxylic acids is 1. The molecule has 0 aromatic carbocycles. The van der Waals surface area contributed by atoms with Gasteiger partial charge in [-0.3, -0.25) is 9.59 Å². The van der Waals surface area contributed by atoms with Gasteiger partial charge in [0.15, 0.2) is 11.5 Å². The average Bonchev–Trinajstić information content (AvgIpc) is 3.17. The number of hydrogen-bond donors (Lipinski definition) is 1. The van der Waals surface area contributed by atoms with Crippen molar-refractivity contribution in [2.75, 3.05) is 13.1 Å². The number of aliphatic carboxylic acids is 1. The van der Waals surface area contributed by atoms with E-state index in [0.29, 0.717) is 30.9 Å². The molecule has 21 heavy (non-hydrogen) atoms. The largest absolute Gasteiger partial charge is 0.481 e. The summed E-state index contributed by atoms with van der Waals surface area (Å²) >= 11 is 0. The Kier molecular flexibility index (Phi) is 3.47. The van der Waals surface area contributed by atoms with Crippen LogP contribution in [-0.2, 0) is 4.79 Å². The summed E-state index contributed by atoms with van der Waals surface area (Å²) in [5, 5.41) is 12.8. The van der Waals surface area contributed by atoms with Crippen molar-refractivity contribution >= 4 is 11.9 Å². The lowest BCUT2D eigenvalue weighted by atomic mass is 9.98. The molecular formula is C14H14N2O5. The van der Waals surface area contributed by atoms with Crippen molar-refractivity contribution in [3.63, 3.8) is 0 Å². The van der Waals surface area contributed by atoms with Gasteiger partial charge in [0, 0.05) is 19.2 Å². The highest BCUT2D eigenvalue weighted by Crippen LogP contribution is 2.23. The first-order valence-corrected chi connectivity index (χ1v) is 6.68. The molecule has 3 rings (SSSR count). The van der Waals surface area contributed by atoms with Gasteiger partial charge in [0.1, 0.15) is 0 Å². The first-order chi connectivity index (χ1) is 10.1. The summed E-state index contributed by atoms with van der Waals surface area (Å²) in [7, 11) is 0. The topological polar surface area (TPSA) is 96.8 Å². The molecule has 0 bridgehead atoms. The minimum absolute atomic E-state index is 0.160. The fourth-order valence-corrected chi connectivity index (χ4v) is 2.44. The molecule has 7 nitrogen and oxygen atoms in total.